The van der Waals surface area contributed by atoms with Crippen LogP contribution in [0, 0.1) is 20.8 Å². The highest BCUT2D eigenvalue weighted by atomic mass is 32.2. The van der Waals surface area contributed by atoms with E-state index in [1.54, 1.807) is 38.4 Å². The molecule has 1 amide bonds. The smallest absolute Gasteiger partial charge is 0.323 e. The first-order valence-electron chi connectivity index (χ1n) is 11.8. The number of hydrogen-bond acceptors (Lipinski definition) is 8. The summed E-state index contributed by atoms with van der Waals surface area (Å²) in [5.41, 5.74) is 4.63. The van der Waals surface area contributed by atoms with Crippen LogP contribution in [0.3, 0.4) is 0 Å². The van der Waals surface area contributed by atoms with Gasteiger partial charge < -0.3 is 20.7 Å². The van der Waals surface area contributed by atoms with E-state index in [1.807, 2.05) is 6.92 Å². The summed E-state index contributed by atoms with van der Waals surface area (Å²) in [5, 5.41) is 15.2. The van der Waals surface area contributed by atoms with E-state index in [0.717, 1.165) is 37.3 Å². The first-order valence-corrected chi connectivity index (χ1v) is 13.3. The van der Waals surface area contributed by atoms with Crippen LogP contribution in [0.15, 0.2) is 29.4 Å². The second-order valence-electron chi connectivity index (χ2n) is 8.99. The maximum atomic E-state index is 12.9. The first-order chi connectivity index (χ1) is 17.1. The van der Waals surface area contributed by atoms with Crippen molar-refractivity contribution in [3.05, 3.63) is 41.2 Å². The monoisotopic (exact) mass is 522 g/mol. The van der Waals surface area contributed by atoms with Crippen LogP contribution in [0.5, 0.6) is 0 Å². The van der Waals surface area contributed by atoms with Crippen LogP contribution >= 0.6 is 0 Å². The van der Waals surface area contributed by atoms with Crippen LogP contribution < -0.4 is 20.8 Å². The van der Waals surface area contributed by atoms with Crippen LogP contribution in [0.2, 0.25) is 0 Å². The Bertz CT molecular complexity index is 1130. The number of hydroxylamine groups is 1. The highest BCUT2D eigenvalue weighted by Crippen LogP contribution is 2.22. The van der Waals surface area contributed by atoms with Crippen molar-refractivity contribution in [1.82, 2.24) is 25.5 Å². The summed E-state index contributed by atoms with van der Waals surface area (Å²) in [7, 11) is -4.12. The fourth-order valence-corrected chi connectivity index (χ4v) is 5.92. The van der Waals surface area contributed by atoms with Crippen molar-refractivity contribution < 1.29 is 28.0 Å². The molecule has 3 unspecified atom stereocenters. The molecule has 0 aliphatic carbocycles. The van der Waals surface area contributed by atoms with Crippen LogP contribution in [0.1, 0.15) is 42.4 Å². The predicted octanol–water partition coefficient (Wildman–Crippen LogP) is 1.13. The maximum absolute atomic E-state index is 12.9. The Kier molecular flexibility index (Phi) is 9.43. The Balaban J connectivity index is 1.45. The van der Waals surface area contributed by atoms with Gasteiger partial charge in [-0.1, -0.05) is 17.7 Å². The molecule has 2 aromatic rings. The highest BCUT2D eigenvalue weighted by molar-refractivity contribution is 7.89. The normalized spacial score (nSPS) is 18.6. The number of aromatic amines is 1. The molecular weight excluding hydrogens is 488 g/mol. The molecule has 0 radical (unpaired) electrons. The number of amides is 1. The number of aromatic nitrogens is 2. The van der Waals surface area contributed by atoms with Crippen LogP contribution in [0.4, 0.5) is 5.95 Å². The number of carbonyl (C=O) groups is 2. The number of anilines is 1. The number of carboxylic acids is 1. The fourth-order valence-electron chi connectivity index (χ4n) is 4.28. The molecule has 2 heterocycles. The van der Waals surface area contributed by atoms with Crippen LogP contribution in [-0.2, 0) is 24.4 Å². The van der Waals surface area contributed by atoms with Crippen molar-refractivity contribution in [2.45, 2.75) is 69.5 Å². The van der Waals surface area contributed by atoms with E-state index in [1.165, 1.54) is 0 Å². The fraction of sp³-hybridized carbons (Fsp3) is 0.522. The van der Waals surface area contributed by atoms with Crippen molar-refractivity contribution >= 4 is 27.8 Å². The first kappa shape index (κ1) is 27.6. The molecule has 6 N–H and O–H groups in total. The molecule has 0 saturated carbocycles. The van der Waals surface area contributed by atoms with Gasteiger partial charge in [0.05, 0.1) is 11.0 Å². The second kappa shape index (κ2) is 12.3. The number of sulfonamides is 1. The van der Waals surface area contributed by atoms with E-state index in [9.17, 15) is 23.1 Å². The molecule has 198 valence electrons. The molecule has 0 bridgehead atoms. The van der Waals surface area contributed by atoms with Crippen LogP contribution in [-0.4, -0.2) is 66.6 Å². The lowest BCUT2D eigenvalue weighted by Gasteiger charge is -2.19. The lowest BCUT2D eigenvalue weighted by Crippen LogP contribution is -2.51. The van der Waals surface area contributed by atoms with Gasteiger partial charge in [0, 0.05) is 31.9 Å². The third kappa shape index (κ3) is 7.50. The van der Waals surface area contributed by atoms with Gasteiger partial charge in [0.2, 0.25) is 15.9 Å². The number of hydrogen-bond donors (Lipinski definition) is 6. The molecule has 1 aliphatic rings. The summed E-state index contributed by atoms with van der Waals surface area (Å²) >= 11 is 0. The number of carboxylic acid groups (broad SMARTS) is 1. The van der Waals surface area contributed by atoms with Gasteiger partial charge in [-0.2, -0.15) is 10.2 Å². The lowest BCUT2D eigenvalue weighted by molar-refractivity contribution is -0.139. The molecule has 36 heavy (non-hydrogen) atoms. The Labute approximate surface area is 210 Å². The molecule has 12 nitrogen and oxygen atoms in total. The quantitative estimate of drug-likeness (QED) is 0.211. The third-order valence-electron chi connectivity index (χ3n) is 5.88. The Hall–Kier alpha value is -3.00. The summed E-state index contributed by atoms with van der Waals surface area (Å²) < 4.78 is 28.1. The van der Waals surface area contributed by atoms with Crippen molar-refractivity contribution in [3.8, 4) is 0 Å². The van der Waals surface area contributed by atoms with Gasteiger partial charge in [-0.15, -0.1) is 0 Å². The molecule has 1 fully saturated rings. The van der Waals surface area contributed by atoms with Crippen molar-refractivity contribution in [2.24, 2.45) is 0 Å². The Morgan fingerprint density at radius 2 is 1.94 bits per heavy atom. The molecular formula is C23H34N6O6S. The number of carbonyl (C=O) groups excluding carboxylic acids is 1. The molecule has 3 rings (SSSR count). The minimum Gasteiger partial charge on any atom is -0.480 e. The lowest BCUT2D eigenvalue weighted by atomic mass is 10.1. The summed E-state index contributed by atoms with van der Waals surface area (Å²) in [4.78, 5) is 36.9. The minimum atomic E-state index is -4.12. The SMILES string of the molecule is Cc1cc(C)c(S(=O)(=O)NC(CNC(=O)C2CC(CCCCNc3ncc[nH]3)ON2)C(=O)O)c(C)c1. The predicted molar refractivity (Wildman–Crippen MR) is 133 cm³/mol. The van der Waals surface area contributed by atoms with Crippen molar-refractivity contribution in [1.29, 1.82) is 0 Å². The number of imidazole rings is 1. The van der Waals surface area contributed by atoms with Gasteiger partial charge in [0.1, 0.15) is 12.1 Å². The van der Waals surface area contributed by atoms with Gasteiger partial charge >= 0.3 is 5.97 Å². The number of aliphatic carboxylic acids is 1. The maximum Gasteiger partial charge on any atom is 0.323 e. The number of benzene rings is 1. The van der Waals surface area contributed by atoms with Crippen molar-refractivity contribution in [2.75, 3.05) is 18.4 Å². The van der Waals surface area contributed by atoms with Gasteiger partial charge in [0.25, 0.3) is 0 Å². The van der Waals surface area contributed by atoms with E-state index in [2.05, 4.69) is 30.8 Å². The van der Waals surface area contributed by atoms with Crippen LogP contribution in [0.25, 0.3) is 0 Å². The highest BCUT2D eigenvalue weighted by Gasteiger charge is 2.32. The minimum absolute atomic E-state index is 0.0405. The number of H-pyrrole nitrogens is 1. The number of unbranched alkanes of at least 4 members (excludes halogenated alkanes) is 1. The molecule has 13 heteroatoms. The standard InChI is InChI=1S/C23H34N6O6S/c1-14-10-15(2)20(16(3)11-14)36(33,34)29-19(22(31)32)13-27-21(30)18-12-17(35-28-18)6-4-5-7-24-23-25-8-9-26-23/h8-11,17-19,28-29H,4-7,12-13H2,1-3H3,(H,27,30)(H,31,32)(H2,24,25,26). The van der Waals surface area contributed by atoms with E-state index < -0.39 is 40.5 Å². The molecule has 1 aliphatic heterocycles. The largest absolute Gasteiger partial charge is 0.480 e. The van der Waals surface area contributed by atoms with E-state index in [4.69, 9.17) is 4.84 Å². The van der Waals surface area contributed by atoms with Gasteiger partial charge in [0.15, 0.2) is 5.95 Å². The Morgan fingerprint density at radius 1 is 1.22 bits per heavy atom. The van der Waals surface area contributed by atoms with E-state index in [0.29, 0.717) is 17.5 Å². The second-order valence-corrected chi connectivity index (χ2v) is 10.6. The van der Waals surface area contributed by atoms with E-state index >= 15 is 0 Å². The van der Waals surface area contributed by atoms with Gasteiger partial charge in [-0.05, 0) is 51.2 Å². The summed E-state index contributed by atoms with van der Waals surface area (Å²) in [5.74, 6) is -1.13. The molecule has 0 spiro atoms. The zero-order valence-electron chi connectivity index (χ0n) is 20.6. The number of nitrogens with zero attached hydrogens (tertiary/aromatic N) is 1. The van der Waals surface area contributed by atoms with Crippen molar-refractivity contribution in [3.63, 3.8) is 0 Å². The zero-order chi connectivity index (χ0) is 26.3. The zero-order valence-corrected chi connectivity index (χ0v) is 21.4. The molecule has 1 aromatic carbocycles. The summed E-state index contributed by atoms with van der Waals surface area (Å²) in [6, 6.07) is 1.26. The summed E-state index contributed by atoms with van der Waals surface area (Å²) in [6.07, 6.45) is 6.24. The Morgan fingerprint density at radius 3 is 2.58 bits per heavy atom. The topological polar surface area (TPSA) is 175 Å². The average Bonchev–Trinajstić information content (AvgIpc) is 3.47. The number of nitrogens with one attached hydrogen (secondary N) is 5. The average molecular weight is 523 g/mol. The molecule has 1 saturated heterocycles. The van der Waals surface area contributed by atoms with Gasteiger partial charge in [-0.25, -0.2) is 13.4 Å². The number of aryl methyl sites for hydroxylation is 3. The van der Waals surface area contributed by atoms with Gasteiger partial charge in [-0.3, -0.25) is 14.4 Å². The molecule has 3 atom stereocenters. The van der Waals surface area contributed by atoms with E-state index in [-0.39, 0.29) is 11.0 Å². The summed E-state index contributed by atoms with van der Waals surface area (Å²) in [6.45, 7) is 5.52. The molecule has 1 aromatic heterocycles. The third-order valence-corrected chi connectivity index (χ3v) is 7.66. The number of rotatable bonds is 13.